The van der Waals surface area contributed by atoms with Crippen LogP contribution in [-0.2, 0) is 4.79 Å². The zero-order valence-electron chi connectivity index (χ0n) is 13.0. The van der Waals surface area contributed by atoms with Crippen LogP contribution in [0.4, 0.5) is 5.13 Å². The highest BCUT2D eigenvalue weighted by Gasteiger charge is 2.06. The number of anilines is 1. The van der Waals surface area contributed by atoms with Crippen molar-refractivity contribution >= 4 is 28.5 Å². The third kappa shape index (κ3) is 4.05. The third-order valence-corrected chi connectivity index (χ3v) is 4.01. The number of pyridine rings is 1. The van der Waals surface area contributed by atoms with Gasteiger partial charge in [0.25, 0.3) is 0 Å². The van der Waals surface area contributed by atoms with Crippen LogP contribution in [0.2, 0.25) is 0 Å². The highest BCUT2D eigenvalue weighted by atomic mass is 32.1. The minimum Gasteiger partial charge on any atom is -0.497 e. The van der Waals surface area contributed by atoms with Crippen LogP contribution >= 0.6 is 11.3 Å². The average molecular weight is 337 g/mol. The van der Waals surface area contributed by atoms with Crippen LogP contribution in [-0.4, -0.2) is 23.0 Å². The molecule has 0 atom stereocenters. The molecule has 5 nitrogen and oxygen atoms in total. The SMILES string of the molecule is COc1ccc(/C=C/C(=O)Nc2nc(-c3ccncc3)cs2)cc1. The van der Waals surface area contributed by atoms with E-state index in [1.54, 1.807) is 25.6 Å². The lowest BCUT2D eigenvalue weighted by atomic mass is 10.2. The molecule has 120 valence electrons. The first-order valence-corrected chi connectivity index (χ1v) is 8.11. The van der Waals surface area contributed by atoms with Gasteiger partial charge in [-0.1, -0.05) is 12.1 Å². The summed E-state index contributed by atoms with van der Waals surface area (Å²) in [5.41, 5.74) is 2.70. The number of thiazole rings is 1. The van der Waals surface area contributed by atoms with Gasteiger partial charge < -0.3 is 4.74 Å². The summed E-state index contributed by atoms with van der Waals surface area (Å²) in [6.45, 7) is 0. The van der Waals surface area contributed by atoms with E-state index in [-0.39, 0.29) is 5.91 Å². The molecule has 0 radical (unpaired) electrons. The molecular weight excluding hydrogens is 322 g/mol. The van der Waals surface area contributed by atoms with Gasteiger partial charge in [0.1, 0.15) is 5.75 Å². The third-order valence-electron chi connectivity index (χ3n) is 3.25. The van der Waals surface area contributed by atoms with Gasteiger partial charge in [0.05, 0.1) is 12.8 Å². The highest BCUT2D eigenvalue weighted by molar-refractivity contribution is 7.14. The molecule has 0 bridgehead atoms. The number of carbonyl (C=O) groups excluding carboxylic acids is 1. The fourth-order valence-corrected chi connectivity index (χ4v) is 2.74. The summed E-state index contributed by atoms with van der Waals surface area (Å²) < 4.78 is 5.10. The van der Waals surface area contributed by atoms with Gasteiger partial charge in [-0.2, -0.15) is 0 Å². The Morgan fingerprint density at radius 1 is 1.17 bits per heavy atom. The predicted molar refractivity (Wildman–Crippen MR) is 96.0 cm³/mol. The Morgan fingerprint density at radius 3 is 2.62 bits per heavy atom. The standard InChI is InChI=1S/C18H15N3O2S/c1-23-15-5-2-13(3-6-15)4-7-17(22)21-18-20-16(12-24-18)14-8-10-19-11-9-14/h2-12H,1H3,(H,20,21,22)/b7-4+. The van der Waals surface area contributed by atoms with Crippen molar-refractivity contribution in [1.82, 2.24) is 9.97 Å². The van der Waals surface area contributed by atoms with Crippen molar-refractivity contribution in [3.63, 3.8) is 0 Å². The fourth-order valence-electron chi connectivity index (χ4n) is 2.02. The van der Waals surface area contributed by atoms with Gasteiger partial charge in [0, 0.05) is 29.4 Å². The molecule has 1 N–H and O–H groups in total. The van der Waals surface area contributed by atoms with Gasteiger partial charge in [0.2, 0.25) is 5.91 Å². The summed E-state index contributed by atoms with van der Waals surface area (Å²) in [7, 11) is 1.62. The normalized spacial score (nSPS) is 10.7. The molecule has 0 aliphatic rings. The summed E-state index contributed by atoms with van der Waals surface area (Å²) >= 11 is 1.39. The van der Waals surface area contributed by atoms with E-state index in [9.17, 15) is 4.79 Å². The Balaban J connectivity index is 1.62. The van der Waals surface area contributed by atoms with Crippen LogP contribution in [0, 0.1) is 0 Å². The van der Waals surface area contributed by atoms with Crippen LogP contribution < -0.4 is 10.1 Å². The lowest BCUT2D eigenvalue weighted by Crippen LogP contribution is -2.07. The summed E-state index contributed by atoms with van der Waals surface area (Å²) in [6, 6.07) is 11.2. The molecule has 1 amide bonds. The summed E-state index contributed by atoms with van der Waals surface area (Å²) in [4.78, 5) is 20.4. The molecule has 2 aromatic heterocycles. The molecule has 1 aromatic carbocycles. The fraction of sp³-hybridized carbons (Fsp3) is 0.0556. The van der Waals surface area contributed by atoms with Crippen LogP contribution in [0.5, 0.6) is 5.75 Å². The molecule has 3 aromatic rings. The minimum absolute atomic E-state index is 0.221. The summed E-state index contributed by atoms with van der Waals surface area (Å²) in [5, 5.41) is 5.23. The first-order valence-electron chi connectivity index (χ1n) is 7.23. The monoisotopic (exact) mass is 337 g/mol. The number of hydrogen-bond donors (Lipinski definition) is 1. The number of nitrogens with one attached hydrogen (secondary N) is 1. The van der Waals surface area contributed by atoms with E-state index in [2.05, 4.69) is 15.3 Å². The van der Waals surface area contributed by atoms with Crippen LogP contribution in [0.15, 0.2) is 60.2 Å². The second-order valence-corrected chi connectivity index (χ2v) is 5.73. The Bertz CT molecular complexity index is 842. The van der Waals surface area contributed by atoms with Gasteiger partial charge in [-0.25, -0.2) is 4.98 Å². The van der Waals surface area contributed by atoms with Crippen molar-refractivity contribution in [2.45, 2.75) is 0 Å². The number of benzene rings is 1. The molecule has 6 heteroatoms. The lowest BCUT2D eigenvalue weighted by molar-refractivity contribution is -0.111. The lowest BCUT2D eigenvalue weighted by Gasteiger charge is -1.99. The number of carbonyl (C=O) groups is 1. The van der Waals surface area contributed by atoms with E-state index in [1.165, 1.54) is 17.4 Å². The number of amides is 1. The topological polar surface area (TPSA) is 64.1 Å². The minimum atomic E-state index is -0.221. The molecule has 0 fully saturated rings. The molecule has 0 saturated carbocycles. The number of hydrogen-bond acceptors (Lipinski definition) is 5. The maximum absolute atomic E-state index is 12.0. The van der Waals surface area contributed by atoms with Crippen molar-refractivity contribution in [1.29, 1.82) is 0 Å². The zero-order valence-corrected chi connectivity index (χ0v) is 13.8. The molecule has 0 unspecified atom stereocenters. The number of ether oxygens (including phenoxy) is 1. The first kappa shape index (κ1) is 15.9. The van der Waals surface area contributed by atoms with Crippen molar-refractivity contribution in [3.05, 3.63) is 65.8 Å². The Labute approximate surface area is 143 Å². The Hall–Kier alpha value is -2.99. The van der Waals surface area contributed by atoms with Crippen LogP contribution in [0.25, 0.3) is 17.3 Å². The maximum Gasteiger partial charge on any atom is 0.250 e. The van der Waals surface area contributed by atoms with Crippen molar-refractivity contribution in [3.8, 4) is 17.0 Å². The molecular formula is C18H15N3O2S. The molecule has 0 aliphatic heterocycles. The molecule has 0 aliphatic carbocycles. The highest BCUT2D eigenvalue weighted by Crippen LogP contribution is 2.24. The maximum atomic E-state index is 12.0. The van der Waals surface area contributed by atoms with Gasteiger partial charge >= 0.3 is 0 Å². The summed E-state index contributed by atoms with van der Waals surface area (Å²) in [5.74, 6) is 0.560. The molecule has 0 saturated heterocycles. The number of aromatic nitrogens is 2. The zero-order chi connectivity index (χ0) is 16.8. The summed E-state index contributed by atoms with van der Waals surface area (Å²) in [6.07, 6.45) is 6.65. The van der Waals surface area contributed by atoms with Gasteiger partial charge in [-0.15, -0.1) is 11.3 Å². The Morgan fingerprint density at radius 2 is 1.92 bits per heavy atom. The van der Waals surface area contributed by atoms with E-state index >= 15 is 0 Å². The molecule has 3 rings (SSSR count). The molecule has 2 heterocycles. The predicted octanol–water partition coefficient (Wildman–Crippen LogP) is 3.87. The van der Waals surface area contributed by atoms with Crippen molar-refractivity contribution in [2.24, 2.45) is 0 Å². The smallest absolute Gasteiger partial charge is 0.250 e. The molecule has 0 spiro atoms. The van der Waals surface area contributed by atoms with Crippen molar-refractivity contribution in [2.75, 3.05) is 12.4 Å². The van der Waals surface area contributed by atoms with E-state index in [1.807, 2.05) is 41.8 Å². The van der Waals surface area contributed by atoms with E-state index < -0.39 is 0 Å². The van der Waals surface area contributed by atoms with E-state index in [0.29, 0.717) is 5.13 Å². The van der Waals surface area contributed by atoms with Gasteiger partial charge in [-0.3, -0.25) is 15.1 Å². The average Bonchev–Trinajstić information content (AvgIpc) is 3.09. The van der Waals surface area contributed by atoms with E-state index in [4.69, 9.17) is 4.74 Å². The second-order valence-electron chi connectivity index (χ2n) is 4.87. The number of rotatable bonds is 5. The van der Waals surface area contributed by atoms with E-state index in [0.717, 1.165) is 22.6 Å². The Kier molecular flexibility index (Phi) is 4.98. The van der Waals surface area contributed by atoms with Gasteiger partial charge in [-0.05, 0) is 35.9 Å². The van der Waals surface area contributed by atoms with Crippen LogP contribution in [0.1, 0.15) is 5.56 Å². The second kappa shape index (κ2) is 7.52. The van der Waals surface area contributed by atoms with Crippen molar-refractivity contribution < 1.29 is 9.53 Å². The largest absolute Gasteiger partial charge is 0.497 e. The quantitative estimate of drug-likeness (QED) is 0.718. The number of nitrogens with zero attached hydrogens (tertiary/aromatic N) is 2. The molecule has 24 heavy (non-hydrogen) atoms. The van der Waals surface area contributed by atoms with Crippen LogP contribution in [0.3, 0.4) is 0 Å². The van der Waals surface area contributed by atoms with Gasteiger partial charge in [0.15, 0.2) is 5.13 Å². The number of methoxy groups -OCH3 is 1. The first-order chi connectivity index (χ1) is 11.7.